The molecule has 1 fully saturated rings. The lowest BCUT2D eigenvalue weighted by molar-refractivity contribution is -0.166. The van der Waals surface area contributed by atoms with Crippen LogP contribution in [0.4, 0.5) is 5.69 Å². The van der Waals surface area contributed by atoms with Crippen molar-refractivity contribution in [2.24, 2.45) is 5.41 Å². The molecule has 1 aromatic heterocycles. The van der Waals surface area contributed by atoms with Gasteiger partial charge in [0.25, 0.3) is 0 Å². The number of fused-ring (bicyclic) bond motifs is 1. The third-order valence-corrected chi connectivity index (χ3v) is 3.75. The fourth-order valence-corrected chi connectivity index (χ4v) is 2.43. The summed E-state index contributed by atoms with van der Waals surface area (Å²) in [6.07, 6.45) is 1.81. The number of carbonyl (C=O) groups is 1. The zero-order valence-corrected chi connectivity index (χ0v) is 10.7. The van der Waals surface area contributed by atoms with E-state index in [-0.39, 0.29) is 25.7 Å². The first-order valence-electron chi connectivity index (χ1n) is 6.21. The predicted molar refractivity (Wildman–Crippen MR) is 72.0 cm³/mol. The van der Waals surface area contributed by atoms with Crippen molar-refractivity contribution in [3.05, 3.63) is 30.5 Å². The average Bonchev–Trinajstić information content (AvgIpc) is 2.81. The van der Waals surface area contributed by atoms with Crippen LogP contribution in [0.25, 0.3) is 10.9 Å². The largest absolute Gasteiger partial charge is 0.395 e. The number of amides is 1. The second kappa shape index (κ2) is 4.36. The maximum absolute atomic E-state index is 12.5. The lowest BCUT2D eigenvalue weighted by Crippen LogP contribution is -2.56. The molecule has 1 amide bonds. The number of anilines is 1. The summed E-state index contributed by atoms with van der Waals surface area (Å²) in [6, 6.07) is 7.81. The van der Waals surface area contributed by atoms with E-state index in [0.29, 0.717) is 0 Å². The van der Waals surface area contributed by atoms with E-state index in [1.54, 1.807) is 11.9 Å². The summed E-state index contributed by atoms with van der Waals surface area (Å²) in [4.78, 5) is 17.2. The number of H-pyrrole nitrogens is 1. The number of carbonyl (C=O) groups excluding carboxylic acids is 1. The van der Waals surface area contributed by atoms with E-state index < -0.39 is 5.41 Å². The molecule has 0 spiro atoms. The van der Waals surface area contributed by atoms with Gasteiger partial charge in [0.05, 0.1) is 25.5 Å². The minimum Gasteiger partial charge on any atom is -0.395 e. The molecule has 0 saturated carbocycles. The second-order valence-corrected chi connectivity index (χ2v) is 5.01. The molecule has 0 radical (unpaired) electrons. The van der Waals surface area contributed by atoms with Crippen molar-refractivity contribution in [2.75, 3.05) is 31.8 Å². The molecule has 0 bridgehead atoms. The number of nitrogens with zero attached hydrogens (tertiary/aromatic N) is 1. The van der Waals surface area contributed by atoms with Crippen molar-refractivity contribution in [2.45, 2.75) is 0 Å². The molecule has 0 unspecified atom stereocenters. The highest BCUT2D eigenvalue weighted by molar-refractivity contribution is 6.05. The molecule has 5 heteroatoms. The van der Waals surface area contributed by atoms with Gasteiger partial charge in [0, 0.05) is 24.1 Å². The quantitative estimate of drug-likeness (QED) is 0.869. The Kier molecular flexibility index (Phi) is 2.80. The third-order valence-electron chi connectivity index (χ3n) is 3.75. The van der Waals surface area contributed by atoms with E-state index in [1.165, 1.54) is 0 Å². The maximum Gasteiger partial charge on any atom is 0.240 e. The van der Waals surface area contributed by atoms with Crippen LogP contribution >= 0.6 is 0 Å². The zero-order chi connectivity index (χ0) is 13.5. The average molecular weight is 260 g/mol. The summed E-state index contributed by atoms with van der Waals surface area (Å²) in [7, 11) is 1.73. The van der Waals surface area contributed by atoms with Crippen molar-refractivity contribution in [1.82, 2.24) is 4.98 Å². The number of nitrogens with one attached hydrogen (secondary N) is 1. The summed E-state index contributed by atoms with van der Waals surface area (Å²) < 4.78 is 5.09. The van der Waals surface area contributed by atoms with Crippen LogP contribution in [0.5, 0.6) is 0 Å². The molecule has 2 aromatic rings. The smallest absolute Gasteiger partial charge is 0.240 e. The van der Waals surface area contributed by atoms with Crippen molar-refractivity contribution in [1.29, 1.82) is 0 Å². The van der Waals surface area contributed by atoms with E-state index >= 15 is 0 Å². The van der Waals surface area contributed by atoms with Gasteiger partial charge in [-0.2, -0.15) is 0 Å². The Bertz CT molecular complexity index is 610. The van der Waals surface area contributed by atoms with E-state index in [1.807, 2.05) is 30.5 Å². The Balaban J connectivity index is 1.95. The first-order chi connectivity index (χ1) is 9.18. The molecule has 1 aliphatic heterocycles. The van der Waals surface area contributed by atoms with Crippen LogP contribution in [-0.2, 0) is 9.53 Å². The fraction of sp³-hybridized carbons (Fsp3) is 0.357. The van der Waals surface area contributed by atoms with Crippen molar-refractivity contribution >= 4 is 22.5 Å². The Morgan fingerprint density at radius 2 is 2.21 bits per heavy atom. The van der Waals surface area contributed by atoms with Gasteiger partial charge in [0.15, 0.2) is 0 Å². The van der Waals surface area contributed by atoms with E-state index in [0.717, 1.165) is 16.6 Å². The fourth-order valence-electron chi connectivity index (χ4n) is 2.43. The van der Waals surface area contributed by atoms with Gasteiger partial charge < -0.3 is 19.7 Å². The molecule has 0 aliphatic carbocycles. The molecule has 0 atom stereocenters. The number of aliphatic hydroxyl groups is 1. The molecular formula is C14H16N2O3. The molecule has 2 heterocycles. The summed E-state index contributed by atoms with van der Waals surface area (Å²) >= 11 is 0. The molecule has 2 N–H and O–H groups in total. The predicted octanol–water partition coefficient (Wildman–Crippen LogP) is 1.14. The topological polar surface area (TPSA) is 65.6 Å². The summed E-state index contributed by atoms with van der Waals surface area (Å²) in [5.41, 5.74) is 1.04. The molecule has 1 aliphatic rings. The lowest BCUT2D eigenvalue weighted by atomic mass is 9.85. The van der Waals surface area contributed by atoms with Gasteiger partial charge in [-0.1, -0.05) is 18.2 Å². The van der Waals surface area contributed by atoms with Crippen LogP contribution in [0.3, 0.4) is 0 Å². The standard InChI is InChI=1S/C14H16N2O3/c1-16(13(18)14(7-17)8-19-9-14)12-6-15-11-5-3-2-4-10(11)12/h2-6,15,17H,7-9H2,1H3. The van der Waals surface area contributed by atoms with Gasteiger partial charge in [0.1, 0.15) is 5.41 Å². The number of aromatic nitrogens is 1. The number of hydrogen-bond donors (Lipinski definition) is 2. The number of benzene rings is 1. The van der Waals surface area contributed by atoms with Gasteiger partial charge in [-0.15, -0.1) is 0 Å². The molecule has 19 heavy (non-hydrogen) atoms. The molecule has 1 aromatic carbocycles. The van der Waals surface area contributed by atoms with Gasteiger partial charge in [-0.25, -0.2) is 0 Å². The summed E-state index contributed by atoms with van der Waals surface area (Å²) in [6.45, 7) is 0.391. The highest BCUT2D eigenvalue weighted by atomic mass is 16.5. The minimum absolute atomic E-state index is 0.106. The van der Waals surface area contributed by atoms with Gasteiger partial charge >= 0.3 is 0 Å². The Labute approximate surface area is 110 Å². The van der Waals surface area contributed by atoms with E-state index in [4.69, 9.17) is 4.74 Å². The number of hydrogen-bond acceptors (Lipinski definition) is 3. The number of aliphatic hydroxyl groups excluding tert-OH is 1. The maximum atomic E-state index is 12.5. The van der Waals surface area contributed by atoms with E-state index in [2.05, 4.69) is 4.98 Å². The SMILES string of the molecule is CN(C(=O)C1(CO)COC1)c1c[nH]c2ccccc12. The van der Waals surface area contributed by atoms with Gasteiger partial charge in [0.2, 0.25) is 5.91 Å². The second-order valence-electron chi connectivity index (χ2n) is 5.01. The van der Waals surface area contributed by atoms with Crippen LogP contribution in [0.15, 0.2) is 30.5 Å². The van der Waals surface area contributed by atoms with E-state index in [9.17, 15) is 9.90 Å². The Morgan fingerprint density at radius 1 is 1.47 bits per heavy atom. The normalized spacial score (nSPS) is 17.2. The zero-order valence-electron chi connectivity index (χ0n) is 10.7. The van der Waals surface area contributed by atoms with Crippen molar-refractivity contribution in [3.63, 3.8) is 0 Å². The molecule has 1 saturated heterocycles. The van der Waals surface area contributed by atoms with Crippen LogP contribution in [-0.4, -0.2) is 42.9 Å². The van der Waals surface area contributed by atoms with Crippen LogP contribution in [0.1, 0.15) is 0 Å². The van der Waals surface area contributed by atoms with Crippen LogP contribution < -0.4 is 4.90 Å². The molecule has 100 valence electrons. The third kappa shape index (κ3) is 1.74. The summed E-state index contributed by atoms with van der Waals surface area (Å²) in [5.74, 6) is -0.106. The number of aromatic amines is 1. The highest BCUT2D eigenvalue weighted by Crippen LogP contribution is 2.33. The van der Waals surface area contributed by atoms with Gasteiger partial charge in [-0.05, 0) is 6.07 Å². The van der Waals surface area contributed by atoms with Crippen molar-refractivity contribution in [3.8, 4) is 0 Å². The van der Waals surface area contributed by atoms with Crippen LogP contribution in [0, 0.1) is 5.41 Å². The molecular weight excluding hydrogens is 244 g/mol. The Hall–Kier alpha value is -1.85. The minimum atomic E-state index is -0.771. The number of para-hydroxylation sites is 1. The van der Waals surface area contributed by atoms with Crippen LogP contribution in [0.2, 0.25) is 0 Å². The summed E-state index contributed by atoms with van der Waals surface area (Å²) in [5, 5.41) is 10.4. The lowest BCUT2D eigenvalue weighted by Gasteiger charge is -2.40. The molecule has 5 nitrogen and oxygen atoms in total. The highest BCUT2D eigenvalue weighted by Gasteiger charge is 2.47. The molecule has 3 rings (SSSR count). The number of rotatable bonds is 3. The first-order valence-corrected chi connectivity index (χ1v) is 6.21. The first kappa shape index (κ1) is 12.2. The Morgan fingerprint density at radius 3 is 2.84 bits per heavy atom. The van der Waals surface area contributed by atoms with Crippen molar-refractivity contribution < 1.29 is 14.6 Å². The monoisotopic (exact) mass is 260 g/mol. The van der Waals surface area contributed by atoms with Gasteiger partial charge in [-0.3, -0.25) is 4.79 Å². The number of ether oxygens (including phenoxy) is 1.